The molecule has 4 rings (SSSR count). The smallest absolute Gasteiger partial charge is 0.416 e. The molecular formula is C27H18F3N3O9S. The molecule has 0 bridgehead atoms. The Morgan fingerprint density at radius 2 is 1.63 bits per heavy atom. The second kappa shape index (κ2) is 12.3. The van der Waals surface area contributed by atoms with Crippen LogP contribution in [0.4, 0.5) is 29.3 Å². The molecule has 16 heteroatoms. The number of nitro groups is 2. The summed E-state index contributed by atoms with van der Waals surface area (Å²) in [5, 5.41) is 21.5. The van der Waals surface area contributed by atoms with Crippen molar-refractivity contribution < 1.29 is 46.9 Å². The summed E-state index contributed by atoms with van der Waals surface area (Å²) in [7, 11) is 0. The Hall–Kier alpha value is -5.25. The van der Waals surface area contributed by atoms with Gasteiger partial charge in [0.1, 0.15) is 0 Å². The lowest BCUT2D eigenvalue weighted by Gasteiger charge is -2.14. The van der Waals surface area contributed by atoms with Crippen LogP contribution >= 0.6 is 11.8 Å². The Kier molecular flexibility index (Phi) is 8.80. The fourth-order valence-electron chi connectivity index (χ4n) is 3.80. The second-order valence-corrected chi connectivity index (χ2v) is 9.67. The van der Waals surface area contributed by atoms with Crippen LogP contribution in [0.2, 0.25) is 0 Å². The van der Waals surface area contributed by atoms with Gasteiger partial charge in [-0.2, -0.15) is 13.2 Å². The number of carbonyl (C=O) groups is 3. The van der Waals surface area contributed by atoms with Gasteiger partial charge in [-0.05, 0) is 66.7 Å². The lowest BCUT2D eigenvalue weighted by atomic mass is 10.1. The van der Waals surface area contributed by atoms with E-state index in [2.05, 4.69) is 0 Å². The van der Waals surface area contributed by atoms with Gasteiger partial charge in [-0.15, -0.1) is 0 Å². The van der Waals surface area contributed by atoms with E-state index in [0.29, 0.717) is 29.5 Å². The van der Waals surface area contributed by atoms with E-state index in [1.54, 1.807) is 6.92 Å². The van der Waals surface area contributed by atoms with Gasteiger partial charge in [0, 0.05) is 23.8 Å². The number of ketones is 1. The number of imide groups is 1. The van der Waals surface area contributed by atoms with Crippen molar-refractivity contribution >= 4 is 46.1 Å². The first-order valence-corrected chi connectivity index (χ1v) is 12.9. The fraction of sp³-hybridized carbons (Fsp3) is 0.148. The lowest BCUT2D eigenvalue weighted by molar-refractivity contribution is -0.385. The molecule has 1 heterocycles. The summed E-state index contributed by atoms with van der Waals surface area (Å²) in [4.78, 5) is 59.3. The number of benzene rings is 3. The normalized spacial score (nSPS) is 14.2. The number of halogens is 3. The number of Topliss-reactive ketones (excluding diaryl/α,β-unsaturated/α-hetero) is 1. The van der Waals surface area contributed by atoms with Crippen LogP contribution < -0.4 is 9.47 Å². The first-order chi connectivity index (χ1) is 20.3. The van der Waals surface area contributed by atoms with Crippen LogP contribution in [0.3, 0.4) is 0 Å². The number of nitrogens with zero attached hydrogens (tertiary/aromatic N) is 3. The highest BCUT2D eigenvalue weighted by Crippen LogP contribution is 2.41. The zero-order chi connectivity index (χ0) is 31.5. The molecule has 0 aromatic heterocycles. The molecule has 3 aromatic carbocycles. The monoisotopic (exact) mass is 617 g/mol. The summed E-state index contributed by atoms with van der Waals surface area (Å²) >= 11 is 0.573. The number of hydrogen-bond donors (Lipinski definition) is 0. The molecule has 0 atom stereocenters. The van der Waals surface area contributed by atoms with Crippen LogP contribution in [-0.2, 0) is 11.0 Å². The van der Waals surface area contributed by atoms with Crippen LogP contribution in [0.25, 0.3) is 6.08 Å². The first kappa shape index (κ1) is 30.7. The van der Waals surface area contributed by atoms with Crippen molar-refractivity contribution in [2.24, 2.45) is 0 Å². The minimum atomic E-state index is -4.81. The summed E-state index contributed by atoms with van der Waals surface area (Å²) in [6.07, 6.45) is -3.46. The SMILES string of the molecule is CCOc1cc(/C=C2/SC(=O)N(CC(=O)c3ccc([N+](=O)[O-])cc3)C2=O)ccc1Oc1ccc(C(F)(F)F)cc1[N+](=O)[O-]. The van der Waals surface area contributed by atoms with Crippen LogP contribution in [0.15, 0.2) is 65.6 Å². The van der Waals surface area contributed by atoms with Crippen molar-refractivity contribution in [1.82, 2.24) is 4.90 Å². The molecule has 1 fully saturated rings. The summed E-state index contributed by atoms with van der Waals surface area (Å²) in [6, 6.07) is 10.6. The van der Waals surface area contributed by atoms with E-state index in [1.807, 2.05) is 0 Å². The zero-order valence-corrected chi connectivity index (χ0v) is 22.6. The molecule has 0 saturated carbocycles. The number of nitro benzene ring substituents is 2. The predicted octanol–water partition coefficient (Wildman–Crippen LogP) is 6.63. The van der Waals surface area contributed by atoms with E-state index in [0.717, 1.165) is 23.1 Å². The van der Waals surface area contributed by atoms with Crippen LogP contribution in [0, 0.1) is 20.2 Å². The number of carbonyl (C=O) groups excluding carboxylic acids is 3. The van der Waals surface area contributed by atoms with E-state index in [-0.39, 0.29) is 34.3 Å². The van der Waals surface area contributed by atoms with Crippen LogP contribution in [0.1, 0.15) is 28.4 Å². The maximum absolute atomic E-state index is 13.0. The van der Waals surface area contributed by atoms with E-state index in [1.165, 1.54) is 36.4 Å². The third-order valence-corrected chi connectivity index (χ3v) is 6.75. The molecule has 3 aromatic rings. The van der Waals surface area contributed by atoms with Crippen molar-refractivity contribution in [2.45, 2.75) is 13.1 Å². The molecule has 2 amide bonds. The van der Waals surface area contributed by atoms with Gasteiger partial charge < -0.3 is 9.47 Å². The average Bonchev–Trinajstić information content (AvgIpc) is 3.21. The Balaban J connectivity index is 1.55. The van der Waals surface area contributed by atoms with Gasteiger partial charge in [0.15, 0.2) is 17.3 Å². The minimum absolute atomic E-state index is 0.0315. The first-order valence-electron chi connectivity index (χ1n) is 12.1. The van der Waals surface area contributed by atoms with Gasteiger partial charge in [0.25, 0.3) is 16.8 Å². The number of ether oxygens (including phenoxy) is 2. The summed E-state index contributed by atoms with van der Waals surface area (Å²) in [5.74, 6) is -1.87. The number of amides is 2. The predicted molar refractivity (Wildman–Crippen MR) is 146 cm³/mol. The number of alkyl halides is 3. The summed E-state index contributed by atoms with van der Waals surface area (Å²) in [5.41, 5.74) is -1.97. The average molecular weight is 618 g/mol. The van der Waals surface area contributed by atoms with Crippen molar-refractivity contribution in [3.05, 3.63) is 102 Å². The van der Waals surface area contributed by atoms with Crippen LogP contribution in [0.5, 0.6) is 17.2 Å². The maximum atomic E-state index is 13.0. The van der Waals surface area contributed by atoms with Gasteiger partial charge in [0.2, 0.25) is 5.75 Å². The number of rotatable bonds is 10. The Labute approximate surface area is 244 Å². The van der Waals surface area contributed by atoms with Gasteiger partial charge in [-0.3, -0.25) is 39.5 Å². The zero-order valence-electron chi connectivity index (χ0n) is 21.8. The van der Waals surface area contributed by atoms with E-state index < -0.39 is 56.5 Å². The molecule has 1 aliphatic heterocycles. The molecule has 1 saturated heterocycles. The Morgan fingerprint density at radius 1 is 0.953 bits per heavy atom. The van der Waals surface area contributed by atoms with Gasteiger partial charge in [0.05, 0.1) is 33.5 Å². The molecule has 0 N–H and O–H groups in total. The van der Waals surface area contributed by atoms with E-state index in [9.17, 15) is 47.8 Å². The Bertz CT molecular complexity index is 1670. The second-order valence-electron chi connectivity index (χ2n) is 8.67. The van der Waals surface area contributed by atoms with Crippen molar-refractivity contribution in [3.63, 3.8) is 0 Å². The number of thioether (sulfide) groups is 1. The van der Waals surface area contributed by atoms with Crippen LogP contribution in [-0.4, -0.2) is 44.8 Å². The summed E-state index contributed by atoms with van der Waals surface area (Å²) < 4.78 is 50.2. The molecule has 0 spiro atoms. The summed E-state index contributed by atoms with van der Waals surface area (Å²) in [6.45, 7) is 1.14. The quantitative estimate of drug-likeness (QED) is 0.105. The van der Waals surface area contributed by atoms with E-state index in [4.69, 9.17) is 9.47 Å². The largest absolute Gasteiger partial charge is 0.490 e. The molecule has 222 valence electrons. The highest BCUT2D eigenvalue weighted by molar-refractivity contribution is 8.18. The highest BCUT2D eigenvalue weighted by Gasteiger charge is 2.37. The standard InChI is InChI=1S/C27H18F3N3O9S/c1-2-41-23-11-15(3-9-22(23)42-21-10-6-17(27(28,29)30)13-19(21)33(39)40)12-24-25(35)31(26(36)43-24)14-20(34)16-4-7-18(8-5-16)32(37)38/h3-13H,2,14H2,1H3/b24-12+. The van der Waals surface area contributed by atoms with Crippen molar-refractivity contribution in [1.29, 1.82) is 0 Å². The Morgan fingerprint density at radius 3 is 2.23 bits per heavy atom. The topological polar surface area (TPSA) is 159 Å². The molecule has 12 nitrogen and oxygen atoms in total. The molecular weight excluding hydrogens is 599 g/mol. The molecule has 0 aliphatic carbocycles. The van der Waals surface area contributed by atoms with Gasteiger partial charge >= 0.3 is 11.9 Å². The molecule has 1 aliphatic rings. The number of hydrogen-bond acceptors (Lipinski definition) is 10. The molecule has 0 unspecified atom stereocenters. The minimum Gasteiger partial charge on any atom is -0.490 e. The fourth-order valence-corrected chi connectivity index (χ4v) is 4.64. The third kappa shape index (κ3) is 6.98. The van der Waals surface area contributed by atoms with Gasteiger partial charge in [-0.1, -0.05) is 6.07 Å². The molecule has 0 radical (unpaired) electrons. The third-order valence-electron chi connectivity index (χ3n) is 5.84. The van der Waals surface area contributed by atoms with Crippen molar-refractivity contribution in [3.8, 4) is 17.2 Å². The highest BCUT2D eigenvalue weighted by atomic mass is 32.2. The maximum Gasteiger partial charge on any atom is 0.416 e. The lowest BCUT2D eigenvalue weighted by Crippen LogP contribution is -2.33. The van der Waals surface area contributed by atoms with E-state index >= 15 is 0 Å². The van der Waals surface area contributed by atoms with Gasteiger partial charge in [-0.25, -0.2) is 0 Å². The number of non-ortho nitro benzene ring substituents is 1. The van der Waals surface area contributed by atoms with Crippen molar-refractivity contribution in [2.75, 3.05) is 13.2 Å². The molecule has 43 heavy (non-hydrogen) atoms.